The molecule has 0 bridgehead atoms. The Morgan fingerprint density at radius 1 is 0.966 bits per heavy atom. The molecule has 1 aromatic heterocycles. The Morgan fingerprint density at radius 3 is 2.48 bits per heavy atom. The molecule has 2 aliphatic rings. The van der Waals surface area contributed by atoms with Gasteiger partial charge in [-0.15, -0.1) is 5.10 Å². The van der Waals surface area contributed by atoms with Gasteiger partial charge in [-0.25, -0.2) is 13.8 Å². The van der Waals surface area contributed by atoms with E-state index in [1.54, 1.807) is 7.11 Å². The van der Waals surface area contributed by atoms with Crippen LogP contribution >= 0.6 is 0 Å². The van der Waals surface area contributed by atoms with E-state index < -0.39 is 11.6 Å². The number of pyridine rings is 1. The fraction of sp³-hybridized carbons (Fsp3) is 0.429. The van der Waals surface area contributed by atoms with Gasteiger partial charge in [-0.1, -0.05) is 6.42 Å². The molecule has 4 rings (SSSR count). The third-order valence-corrected chi connectivity index (χ3v) is 5.11. The highest BCUT2D eigenvalue weighted by Crippen LogP contribution is 2.39. The van der Waals surface area contributed by atoms with Crippen molar-refractivity contribution >= 4 is 5.71 Å². The highest BCUT2D eigenvalue weighted by Gasteiger charge is 2.27. The zero-order valence-electron chi connectivity index (χ0n) is 16.3. The summed E-state index contributed by atoms with van der Waals surface area (Å²) in [6, 6.07) is 3.56. The minimum absolute atomic E-state index is 0.270. The molecule has 0 spiro atoms. The fourth-order valence-corrected chi connectivity index (χ4v) is 3.85. The Labute approximate surface area is 167 Å². The zero-order chi connectivity index (χ0) is 20.2. The molecular weight excluding hydrogens is 378 g/mol. The number of nitrogens with zero attached hydrogens (tertiary/aromatic N) is 4. The van der Waals surface area contributed by atoms with Crippen LogP contribution in [0.25, 0.3) is 11.1 Å². The largest absolute Gasteiger partial charge is 0.475 e. The van der Waals surface area contributed by atoms with E-state index in [0.717, 1.165) is 49.4 Å². The standard InChI is InChI=1S/C21H22F2N4O2/c1-28-7-8-29-21-20(18-12-24-27-26-18)19(13-9-14(22)11-15(23)10-13)16-5-3-2-4-6-17(16)25-21/h9-11H,2-8,12H2,1H3. The van der Waals surface area contributed by atoms with E-state index in [4.69, 9.17) is 14.5 Å². The third-order valence-electron chi connectivity index (χ3n) is 5.11. The summed E-state index contributed by atoms with van der Waals surface area (Å²) in [6.07, 6.45) is 4.66. The van der Waals surface area contributed by atoms with Crippen molar-refractivity contribution in [2.45, 2.75) is 32.1 Å². The van der Waals surface area contributed by atoms with E-state index in [0.29, 0.717) is 41.5 Å². The summed E-state index contributed by atoms with van der Waals surface area (Å²) in [5, 5.41) is 11.8. The first-order chi connectivity index (χ1) is 14.2. The van der Waals surface area contributed by atoms with Crippen LogP contribution in [0.5, 0.6) is 5.88 Å². The average molecular weight is 400 g/mol. The topological polar surface area (TPSA) is 68.4 Å². The molecule has 0 N–H and O–H groups in total. The molecule has 1 aliphatic heterocycles. The van der Waals surface area contributed by atoms with Gasteiger partial charge in [0.2, 0.25) is 5.88 Å². The highest BCUT2D eigenvalue weighted by molar-refractivity contribution is 6.10. The molecule has 2 aromatic rings. The Morgan fingerprint density at radius 2 is 1.76 bits per heavy atom. The predicted octanol–water partition coefficient (Wildman–Crippen LogP) is 4.49. The van der Waals surface area contributed by atoms with E-state index in [9.17, 15) is 8.78 Å². The lowest BCUT2D eigenvalue weighted by Gasteiger charge is -2.20. The Balaban J connectivity index is 1.96. The molecule has 1 aromatic carbocycles. The van der Waals surface area contributed by atoms with E-state index >= 15 is 0 Å². The number of aryl methyl sites for hydroxylation is 1. The molecule has 0 saturated heterocycles. The maximum atomic E-state index is 14.1. The zero-order valence-corrected chi connectivity index (χ0v) is 16.3. The Kier molecular flexibility index (Phi) is 5.89. The van der Waals surface area contributed by atoms with Gasteiger partial charge in [-0.2, -0.15) is 5.11 Å². The van der Waals surface area contributed by atoms with Gasteiger partial charge in [0.05, 0.1) is 12.2 Å². The summed E-state index contributed by atoms with van der Waals surface area (Å²) in [7, 11) is 1.59. The Hall–Kier alpha value is -2.74. The normalized spacial score (nSPS) is 15.8. The van der Waals surface area contributed by atoms with Gasteiger partial charge in [0.1, 0.15) is 30.5 Å². The molecule has 2 heterocycles. The number of benzene rings is 1. The molecule has 0 radical (unpaired) electrons. The molecule has 1 aliphatic carbocycles. The molecule has 0 saturated carbocycles. The van der Waals surface area contributed by atoms with Crippen LogP contribution in [-0.2, 0) is 17.6 Å². The summed E-state index contributed by atoms with van der Waals surface area (Å²) in [4.78, 5) is 4.79. The van der Waals surface area contributed by atoms with E-state index in [-0.39, 0.29) is 6.54 Å². The number of halogens is 2. The number of hydrogen-bond acceptors (Lipinski definition) is 6. The average Bonchev–Trinajstić information content (AvgIpc) is 3.12. The number of ether oxygens (including phenoxy) is 2. The summed E-state index contributed by atoms with van der Waals surface area (Å²) < 4.78 is 39.2. The van der Waals surface area contributed by atoms with E-state index in [2.05, 4.69) is 15.4 Å². The molecule has 152 valence electrons. The van der Waals surface area contributed by atoms with Crippen LogP contribution in [0.4, 0.5) is 8.78 Å². The fourth-order valence-electron chi connectivity index (χ4n) is 3.85. The number of methoxy groups -OCH3 is 1. The number of aromatic nitrogens is 1. The summed E-state index contributed by atoms with van der Waals surface area (Å²) >= 11 is 0. The number of fused-ring (bicyclic) bond motifs is 1. The molecule has 8 heteroatoms. The molecule has 0 unspecified atom stereocenters. The smallest absolute Gasteiger partial charge is 0.223 e. The van der Waals surface area contributed by atoms with Gasteiger partial charge in [0, 0.05) is 24.4 Å². The molecular formula is C21H22F2N4O2. The minimum atomic E-state index is -0.630. The van der Waals surface area contributed by atoms with E-state index in [1.165, 1.54) is 12.1 Å². The lowest BCUT2D eigenvalue weighted by molar-refractivity contribution is 0.143. The molecule has 6 nitrogen and oxygen atoms in total. The van der Waals surface area contributed by atoms with Crippen molar-refractivity contribution in [3.63, 3.8) is 0 Å². The number of hydrogen-bond donors (Lipinski definition) is 0. The minimum Gasteiger partial charge on any atom is -0.475 e. The van der Waals surface area contributed by atoms with Gasteiger partial charge in [0.15, 0.2) is 0 Å². The summed E-state index contributed by atoms with van der Waals surface area (Å²) in [6.45, 7) is 0.961. The van der Waals surface area contributed by atoms with Crippen molar-refractivity contribution in [2.75, 3.05) is 26.9 Å². The van der Waals surface area contributed by atoms with Crippen molar-refractivity contribution in [3.8, 4) is 17.0 Å². The van der Waals surface area contributed by atoms with Crippen molar-refractivity contribution in [3.05, 3.63) is 46.7 Å². The van der Waals surface area contributed by atoms with Crippen LogP contribution in [-0.4, -0.2) is 37.6 Å². The van der Waals surface area contributed by atoms with Gasteiger partial charge in [-0.3, -0.25) is 0 Å². The maximum absolute atomic E-state index is 14.1. The maximum Gasteiger partial charge on any atom is 0.223 e. The van der Waals surface area contributed by atoms with Gasteiger partial charge in [0.25, 0.3) is 0 Å². The SMILES string of the molecule is COCCOc1nc2c(c(-c3cc(F)cc(F)c3)c1C1=NN=NC1)CCCCC2. The molecule has 0 atom stereocenters. The molecule has 29 heavy (non-hydrogen) atoms. The van der Waals surface area contributed by atoms with Crippen LogP contribution in [0.1, 0.15) is 36.1 Å². The third kappa shape index (κ3) is 4.17. The van der Waals surface area contributed by atoms with Gasteiger partial charge >= 0.3 is 0 Å². The lowest BCUT2D eigenvalue weighted by atomic mass is 9.89. The first-order valence-electron chi connectivity index (χ1n) is 9.75. The van der Waals surface area contributed by atoms with Crippen molar-refractivity contribution in [2.24, 2.45) is 15.4 Å². The first-order valence-corrected chi connectivity index (χ1v) is 9.75. The van der Waals surface area contributed by atoms with Crippen molar-refractivity contribution in [1.29, 1.82) is 0 Å². The Bertz CT molecular complexity index is 955. The van der Waals surface area contributed by atoms with Gasteiger partial charge < -0.3 is 9.47 Å². The second-order valence-corrected chi connectivity index (χ2v) is 7.09. The van der Waals surface area contributed by atoms with Crippen LogP contribution in [0.15, 0.2) is 33.6 Å². The quantitative estimate of drug-likeness (QED) is 0.530. The first kappa shape index (κ1) is 19.6. The van der Waals surface area contributed by atoms with Crippen LogP contribution in [0, 0.1) is 11.6 Å². The molecule has 0 amide bonds. The molecule has 0 fully saturated rings. The van der Waals surface area contributed by atoms with Crippen molar-refractivity contribution < 1.29 is 18.3 Å². The lowest BCUT2D eigenvalue weighted by Crippen LogP contribution is -2.16. The number of rotatable bonds is 6. The van der Waals surface area contributed by atoms with Gasteiger partial charge in [-0.05, 0) is 54.2 Å². The highest BCUT2D eigenvalue weighted by atomic mass is 19.1. The van der Waals surface area contributed by atoms with Crippen LogP contribution in [0.3, 0.4) is 0 Å². The summed E-state index contributed by atoms with van der Waals surface area (Å²) in [5.74, 6) is -0.877. The summed E-state index contributed by atoms with van der Waals surface area (Å²) in [5.41, 5.74) is 4.26. The second-order valence-electron chi connectivity index (χ2n) is 7.09. The monoisotopic (exact) mass is 400 g/mol. The second kappa shape index (κ2) is 8.73. The van der Waals surface area contributed by atoms with Crippen LogP contribution in [0.2, 0.25) is 0 Å². The predicted molar refractivity (Wildman–Crippen MR) is 104 cm³/mol. The van der Waals surface area contributed by atoms with Crippen molar-refractivity contribution in [1.82, 2.24) is 4.98 Å². The van der Waals surface area contributed by atoms with Crippen LogP contribution < -0.4 is 4.74 Å². The van der Waals surface area contributed by atoms with E-state index in [1.807, 2.05) is 0 Å².